The summed E-state index contributed by atoms with van der Waals surface area (Å²) in [6, 6.07) is 9.60. The lowest BCUT2D eigenvalue weighted by molar-refractivity contribution is -0.116. The molecule has 1 N–H and O–H groups in total. The maximum Gasteiger partial charge on any atom is 0.244 e. The van der Waals surface area contributed by atoms with E-state index < -0.39 is 0 Å². The van der Waals surface area contributed by atoms with Crippen LogP contribution in [0.2, 0.25) is 0 Å². The number of amides is 1. The molecule has 0 aliphatic carbocycles. The molecule has 5 heteroatoms. The minimum absolute atomic E-state index is 0.0754. The van der Waals surface area contributed by atoms with Gasteiger partial charge in [-0.15, -0.1) is 0 Å². The van der Waals surface area contributed by atoms with Crippen LogP contribution in [0.5, 0.6) is 0 Å². The summed E-state index contributed by atoms with van der Waals surface area (Å²) in [5.41, 5.74) is 0. The molecule has 120 valence electrons. The van der Waals surface area contributed by atoms with Crippen molar-refractivity contribution in [2.45, 2.75) is 12.8 Å². The van der Waals surface area contributed by atoms with E-state index >= 15 is 0 Å². The van der Waals surface area contributed by atoms with Crippen molar-refractivity contribution in [2.24, 2.45) is 5.92 Å². The Balaban J connectivity index is 1.40. The molecular weight excluding hydrogens is 290 g/mol. The lowest BCUT2D eigenvalue weighted by Gasteiger charge is -2.32. The van der Waals surface area contributed by atoms with Gasteiger partial charge in [0.2, 0.25) is 5.91 Å². The largest absolute Gasteiger partial charge is 0.465 e. The van der Waals surface area contributed by atoms with Crippen LogP contribution in [0.3, 0.4) is 0 Å². The van der Waals surface area contributed by atoms with Crippen molar-refractivity contribution in [1.29, 1.82) is 0 Å². The molecule has 0 atom stereocenters. The molecule has 0 unspecified atom stereocenters. The van der Waals surface area contributed by atoms with Crippen molar-refractivity contribution in [1.82, 2.24) is 10.3 Å². The molecule has 3 rings (SSSR count). The van der Waals surface area contributed by atoms with Crippen LogP contribution in [0.25, 0.3) is 6.08 Å². The molecule has 5 nitrogen and oxygen atoms in total. The summed E-state index contributed by atoms with van der Waals surface area (Å²) in [4.78, 5) is 18.5. The molecule has 0 saturated carbocycles. The summed E-state index contributed by atoms with van der Waals surface area (Å²) >= 11 is 0. The van der Waals surface area contributed by atoms with Crippen molar-refractivity contribution in [3.63, 3.8) is 0 Å². The average molecular weight is 311 g/mol. The van der Waals surface area contributed by atoms with Crippen molar-refractivity contribution in [2.75, 3.05) is 24.5 Å². The van der Waals surface area contributed by atoms with E-state index in [1.54, 1.807) is 18.4 Å². The maximum atomic E-state index is 11.8. The van der Waals surface area contributed by atoms with Crippen LogP contribution < -0.4 is 10.2 Å². The summed E-state index contributed by atoms with van der Waals surface area (Å²) in [6.07, 6.45) is 8.75. The van der Waals surface area contributed by atoms with E-state index in [9.17, 15) is 4.79 Å². The number of aromatic nitrogens is 1. The van der Waals surface area contributed by atoms with Gasteiger partial charge in [0.1, 0.15) is 11.6 Å². The van der Waals surface area contributed by atoms with E-state index in [1.807, 2.05) is 30.5 Å². The van der Waals surface area contributed by atoms with Crippen LogP contribution in [0, 0.1) is 5.92 Å². The van der Waals surface area contributed by atoms with Crippen molar-refractivity contribution in [3.8, 4) is 0 Å². The standard InChI is InChI=1S/C18H21N3O2/c22-18(7-6-16-4-3-13-23-16)20-14-15-8-11-21(12-9-15)17-5-1-2-10-19-17/h1-7,10,13,15H,8-9,11-12,14H2,(H,20,22). The smallest absolute Gasteiger partial charge is 0.244 e. The van der Waals surface area contributed by atoms with Crippen LogP contribution in [-0.4, -0.2) is 30.5 Å². The summed E-state index contributed by atoms with van der Waals surface area (Å²) in [5.74, 6) is 2.17. The fourth-order valence-electron chi connectivity index (χ4n) is 2.75. The Labute approximate surface area is 136 Å². The molecular formula is C18H21N3O2. The number of hydrogen-bond donors (Lipinski definition) is 1. The number of pyridine rings is 1. The third kappa shape index (κ3) is 4.45. The molecule has 2 aromatic rings. The maximum absolute atomic E-state index is 11.8. The first-order valence-electron chi connectivity index (χ1n) is 7.96. The van der Waals surface area contributed by atoms with Gasteiger partial charge < -0.3 is 14.6 Å². The Hall–Kier alpha value is -2.56. The first-order valence-corrected chi connectivity index (χ1v) is 7.96. The van der Waals surface area contributed by atoms with Gasteiger partial charge in [0.05, 0.1) is 6.26 Å². The topological polar surface area (TPSA) is 58.4 Å². The fraction of sp³-hybridized carbons (Fsp3) is 0.333. The number of furan rings is 1. The Bertz CT molecular complexity index is 630. The molecule has 3 heterocycles. The van der Waals surface area contributed by atoms with Gasteiger partial charge in [0, 0.05) is 31.9 Å². The number of anilines is 1. The Kier molecular flexibility index (Phi) is 5.09. The zero-order valence-corrected chi connectivity index (χ0v) is 13.0. The van der Waals surface area contributed by atoms with Gasteiger partial charge in [0.15, 0.2) is 0 Å². The monoisotopic (exact) mass is 311 g/mol. The predicted molar refractivity (Wildman–Crippen MR) is 89.9 cm³/mol. The zero-order chi connectivity index (χ0) is 15.9. The van der Waals surface area contributed by atoms with E-state index in [2.05, 4.69) is 15.2 Å². The molecule has 1 amide bonds. The molecule has 2 aromatic heterocycles. The van der Waals surface area contributed by atoms with E-state index in [-0.39, 0.29) is 5.91 Å². The first-order chi connectivity index (χ1) is 11.3. The van der Waals surface area contributed by atoms with Gasteiger partial charge in [0.25, 0.3) is 0 Å². The van der Waals surface area contributed by atoms with Crippen molar-refractivity contribution < 1.29 is 9.21 Å². The third-order valence-electron chi connectivity index (χ3n) is 4.09. The van der Waals surface area contributed by atoms with Crippen LogP contribution in [0.1, 0.15) is 18.6 Å². The normalized spacial score (nSPS) is 15.9. The van der Waals surface area contributed by atoms with E-state index in [4.69, 9.17) is 4.42 Å². The van der Waals surface area contributed by atoms with E-state index in [0.29, 0.717) is 11.7 Å². The second kappa shape index (κ2) is 7.63. The number of nitrogens with zero attached hydrogens (tertiary/aromatic N) is 2. The lowest BCUT2D eigenvalue weighted by atomic mass is 9.97. The van der Waals surface area contributed by atoms with Crippen molar-refractivity contribution in [3.05, 3.63) is 54.6 Å². The van der Waals surface area contributed by atoms with Crippen LogP contribution >= 0.6 is 0 Å². The molecule has 1 fully saturated rings. The minimum Gasteiger partial charge on any atom is -0.465 e. The van der Waals surface area contributed by atoms with Gasteiger partial charge in [-0.05, 0) is 49.1 Å². The van der Waals surface area contributed by atoms with Crippen LogP contribution in [-0.2, 0) is 4.79 Å². The van der Waals surface area contributed by atoms with Gasteiger partial charge in [-0.2, -0.15) is 0 Å². The minimum atomic E-state index is -0.0754. The highest BCUT2D eigenvalue weighted by molar-refractivity contribution is 5.91. The molecule has 0 spiro atoms. The quantitative estimate of drug-likeness (QED) is 0.863. The number of hydrogen-bond acceptors (Lipinski definition) is 4. The first kappa shape index (κ1) is 15.3. The molecule has 0 radical (unpaired) electrons. The van der Waals surface area contributed by atoms with Gasteiger partial charge in [-0.3, -0.25) is 4.79 Å². The summed E-state index contributed by atoms with van der Waals surface area (Å²) < 4.78 is 5.15. The highest BCUT2D eigenvalue weighted by Gasteiger charge is 2.20. The van der Waals surface area contributed by atoms with Gasteiger partial charge >= 0.3 is 0 Å². The second-order valence-corrected chi connectivity index (χ2v) is 5.71. The number of carbonyl (C=O) groups excluding carboxylic acids is 1. The predicted octanol–water partition coefficient (Wildman–Crippen LogP) is 2.72. The fourth-order valence-corrected chi connectivity index (χ4v) is 2.75. The Morgan fingerprint density at radius 2 is 2.17 bits per heavy atom. The second-order valence-electron chi connectivity index (χ2n) is 5.71. The molecule has 23 heavy (non-hydrogen) atoms. The Morgan fingerprint density at radius 1 is 1.30 bits per heavy atom. The van der Waals surface area contributed by atoms with Gasteiger partial charge in [-0.1, -0.05) is 6.07 Å². The van der Waals surface area contributed by atoms with E-state index in [0.717, 1.165) is 38.3 Å². The highest BCUT2D eigenvalue weighted by atomic mass is 16.3. The SMILES string of the molecule is O=C(C=Cc1ccco1)NCC1CCN(c2ccccn2)CC1. The number of carbonyl (C=O) groups is 1. The summed E-state index contributed by atoms with van der Waals surface area (Å²) in [7, 11) is 0. The number of rotatable bonds is 5. The molecule has 1 aliphatic heterocycles. The van der Waals surface area contributed by atoms with Gasteiger partial charge in [-0.25, -0.2) is 4.98 Å². The molecule has 1 aliphatic rings. The number of piperidine rings is 1. The van der Waals surface area contributed by atoms with Crippen LogP contribution in [0.4, 0.5) is 5.82 Å². The zero-order valence-electron chi connectivity index (χ0n) is 13.0. The number of nitrogens with one attached hydrogen (secondary N) is 1. The lowest BCUT2D eigenvalue weighted by Crippen LogP contribution is -2.38. The highest BCUT2D eigenvalue weighted by Crippen LogP contribution is 2.20. The summed E-state index contributed by atoms with van der Waals surface area (Å²) in [5, 5.41) is 2.97. The van der Waals surface area contributed by atoms with Crippen LogP contribution in [0.15, 0.2) is 53.3 Å². The summed E-state index contributed by atoms with van der Waals surface area (Å²) in [6.45, 7) is 2.69. The molecule has 1 saturated heterocycles. The Morgan fingerprint density at radius 3 is 2.87 bits per heavy atom. The molecule has 0 bridgehead atoms. The third-order valence-corrected chi connectivity index (χ3v) is 4.09. The average Bonchev–Trinajstić information content (AvgIpc) is 3.13. The van der Waals surface area contributed by atoms with Crippen molar-refractivity contribution >= 4 is 17.8 Å². The van der Waals surface area contributed by atoms with E-state index in [1.165, 1.54) is 6.08 Å². The molecule has 0 aromatic carbocycles.